The van der Waals surface area contributed by atoms with E-state index in [1.807, 2.05) is 13.8 Å². The molecule has 0 aliphatic carbocycles. The van der Waals surface area contributed by atoms with E-state index in [1.54, 1.807) is 39.5 Å². The standard InChI is InChI=1S/C23H42N2O6/c1-9-10-11-24-20(28)16(3)14-18-17(12-15(2)13-19(26)27)25(23(7,8)30-18)21(29)31-22(4,5)6/h15-18H,9-14H2,1-8H3,(H,24,28)(H,26,27)/t15-,16-,17+,18+/m1/s1. The van der Waals surface area contributed by atoms with Gasteiger partial charge in [-0.2, -0.15) is 0 Å². The number of carboxylic acid groups (broad SMARTS) is 1. The monoisotopic (exact) mass is 442 g/mol. The molecule has 0 aromatic heterocycles. The third-order valence-electron chi connectivity index (χ3n) is 5.40. The van der Waals surface area contributed by atoms with Gasteiger partial charge in [0.25, 0.3) is 0 Å². The summed E-state index contributed by atoms with van der Waals surface area (Å²) in [6.45, 7) is 15.4. The lowest BCUT2D eigenvalue weighted by molar-refractivity contribution is -0.138. The molecule has 1 fully saturated rings. The van der Waals surface area contributed by atoms with Crippen molar-refractivity contribution in [1.82, 2.24) is 10.2 Å². The van der Waals surface area contributed by atoms with Crippen LogP contribution >= 0.6 is 0 Å². The van der Waals surface area contributed by atoms with E-state index in [2.05, 4.69) is 12.2 Å². The maximum atomic E-state index is 13.1. The van der Waals surface area contributed by atoms with Gasteiger partial charge in [-0.15, -0.1) is 0 Å². The van der Waals surface area contributed by atoms with Crippen molar-refractivity contribution in [3.05, 3.63) is 0 Å². The molecule has 0 spiro atoms. The van der Waals surface area contributed by atoms with E-state index in [-0.39, 0.29) is 30.2 Å². The van der Waals surface area contributed by atoms with Crippen molar-refractivity contribution in [3.63, 3.8) is 0 Å². The Kier molecular flexibility index (Phi) is 9.79. The number of nitrogens with one attached hydrogen (secondary N) is 1. The zero-order valence-electron chi connectivity index (χ0n) is 20.5. The molecule has 2 amide bonds. The summed E-state index contributed by atoms with van der Waals surface area (Å²) in [5, 5.41) is 12.1. The molecular formula is C23H42N2O6. The van der Waals surface area contributed by atoms with Crippen molar-refractivity contribution in [2.45, 2.75) is 111 Å². The van der Waals surface area contributed by atoms with Crippen molar-refractivity contribution in [2.24, 2.45) is 11.8 Å². The highest BCUT2D eigenvalue weighted by Crippen LogP contribution is 2.39. The van der Waals surface area contributed by atoms with E-state index in [9.17, 15) is 19.5 Å². The number of nitrogens with zero attached hydrogens (tertiary/aromatic N) is 1. The topological polar surface area (TPSA) is 105 Å². The molecule has 1 aliphatic heterocycles. The fourth-order valence-corrected chi connectivity index (χ4v) is 4.01. The quantitative estimate of drug-likeness (QED) is 0.492. The highest BCUT2D eigenvalue weighted by atomic mass is 16.6. The number of ether oxygens (including phenoxy) is 2. The van der Waals surface area contributed by atoms with Gasteiger partial charge in [-0.3, -0.25) is 14.5 Å². The SMILES string of the molecule is CCCCNC(=O)[C@H](C)C[C@@H]1OC(C)(C)N(C(=O)OC(C)(C)C)[C@H]1C[C@@H](C)CC(=O)O. The Labute approximate surface area is 187 Å². The van der Waals surface area contributed by atoms with E-state index < -0.39 is 29.5 Å². The normalized spacial score (nSPS) is 22.6. The van der Waals surface area contributed by atoms with Gasteiger partial charge in [0.05, 0.1) is 12.1 Å². The van der Waals surface area contributed by atoms with Crippen LogP contribution in [0.1, 0.15) is 87.5 Å². The Hall–Kier alpha value is -1.83. The molecule has 0 radical (unpaired) electrons. The first kappa shape index (κ1) is 27.2. The Bertz CT molecular complexity index is 628. The smallest absolute Gasteiger partial charge is 0.412 e. The molecule has 1 heterocycles. The Morgan fingerprint density at radius 3 is 2.32 bits per heavy atom. The van der Waals surface area contributed by atoms with Crippen LogP contribution in [0.25, 0.3) is 0 Å². The van der Waals surface area contributed by atoms with Gasteiger partial charge in [0.15, 0.2) is 0 Å². The number of carboxylic acids is 1. The number of hydrogen-bond acceptors (Lipinski definition) is 5. The van der Waals surface area contributed by atoms with Crippen molar-refractivity contribution < 1.29 is 29.0 Å². The molecule has 31 heavy (non-hydrogen) atoms. The molecule has 1 aliphatic rings. The average molecular weight is 443 g/mol. The third-order valence-corrected chi connectivity index (χ3v) is 5.40. The fraction of sp³-hybridized carbons (Fsp3) is 0.870. The van der Waals surface area contributed by atoms with E-state index in [0.29, 0.717) is 19.4 Å². The minimum Gasteiger partial charge on any atom is -0.481 e. The van der Waals surface area contributed by atoms with Crippen LogP contribution in [0.4, 0.5) is 4.79 Å². The lowest BCUT2D eigenvalue weighted by Gasteiger charge is -2.36. The average Bonchev–Trinajstić information content (AvgIpc) is 2.82. The van der Waals surface area contributed by atoms with Gasteiger partial charge in [-0.1, -0.05) is 27.2 Å². The number of carbonyl (C=O) groups excluding carboxylic acids is 2. The lowest BCUT2D eigenvalue weighted by atomic mass is 9.90. The van der Waals surface area contributed by atoms with Crippen molar-refractivity contribution in [1.29, 1.82) is 0 Å². The van der Waals surface area contributed by atoms with Crippen LogP contribution in [0.2, 0.25) is 0 Å². The maximum Gasteiger partial charge on any atom is 0.412 e. The van der Waals surface area contributed by atoms with Crippen LogP contribution in [0.5, 0.6) is 0 Å². The predicted octanol–water partition coefficient (Wildman–Crippen LogP) is 4.17. The molecule has 8 nitrogen and oxygen atoms in total. The second kappa shape index (κ2) is 11.2. The van der Waals surface area contributed by atoms with Gasteiger partial charge in [0, 0.05) is 18.9 Å². The highest BCUT2D eigenvalue weighted by molar-refractivity contribution is 5.78. The third kappa shape index (κ3) is 8.67. The second-order valence-electron chi connectivity index (χ2n) is 10.2. The summed E-state index contributed by atoms with van der Waals surface area (Å²) in [4.78, 5) is 38.3. The second-order valence-corrected chi connectivity index (χ2v) is 10.2. The molecule has 1 saturated heterocycles. The maximum absolute atomic E-state index is 13.1. The Morgan fingerprint density at radius 1 is 1.19 bits per heavy atom. The molecule has 2 N–H and O–H groups in total. The van der Waals surface area contributed by atoms with Crippen molar-refractivity contribution in [3.8, 4) is 0 Å². The van der Waals surface area contributed by atoms with Crippen LogP contribution in [0, 0.1) is 11.8 Å². The molecule has 0 aromatic carbocycles. The molecule has 180 valence electrons. The van der Waals surface area contributed by atoms with E-state index in [1.165, 1.54) is 0 Å². The summed E-state index contributed by atoms with van der Waals surface area (Å²) in [6.07, 6.45) is 1.92. The summed E-state index contributed by atoms with van der Waals surface area (Å²) in [5.74, 6) is -1.38. The van der Waals surface area contributed by atoms with Crippen LogP contribution in [0.15, 0.2) is 0 Å². The molecule has 8 heteroatoms. The zero-order chi connectivity index (χ0) is 24.0. The van der Waals surface area contributed by atoms with Crippen molar-refractivity contribution in [2.75, 3.05) is 6.54 Å². The minimum atomic E-state index is -0.932. The number of rotatable bonds is 10. The highest BCUT2D eigenvalue weighted by Gasteiger charge is 2.51. The first-order chi connectivity index (χ1) is 14.2. The van der Waals surface area contributed by atoms with Crippen LogP contribution in [0.3, 0.4) is 0 Å². The largest absolute Gasteiger partial charge is 0.481 e. The van der Waals surface area contributed by atoms with Gasteiger partial charge in [0.2, 0.25) is 5.91 Å². The first-order valence-electron chi connectivity index (χ1n) is 11.4. The number of amides is 2. The predicted molar refractivity (Wildman–Crippen MR) is 119 cm³/mol. The molecular weight excluding hydrogens is 400 g/mol. The molecule has 0 unspecified atom stereocenters. The van der Waals surface area contributed by atoms with E-state index in [0.717, 1.165) is 12.8 Å². The number of aliphatic carboxylic acids is 1. The van der Waals surface area contributed by atoms with Gasteiger partial charge in [0.1, 0.15) is 11.3 Å². The number of hydrogen-bond donors (Lipinski definition) is 2. The van der Waals surface area contributed by atoms with E-state index in [4.69, 9.17) is 9.47 Å². The summed E-state index contributed by atoms with van der Waals surface area (Å²) in [6, 6.07) is -0.384. The van der Waals surface area contributed by atoms with Gasteiger partial charge in [-0.25, -0.2) is 4.79 Å². The van der Waals surface area contributed by atoms with Gasteiger partial charge in [-0.05, 0) is 59.8 Å². The number of unbranched alkanes of at least 4 members (excludes halogenated alkanes) is 1. The molecule has 0 bridgehead atoms. The van der Waals surface area contributed by atoms with Crippen LogP contribution in [-0.2, 0) is 19.1 Å². The Morgan fingerprint density at radius 2 is 1.81 bits per heavy atom. The lowest BCUT2D eigenvalue weighted by Crippen LogP contribution is -2.50. The molecule has 1 rings (SSSR count). The van der Waals surface area contributed by atoms with E-state index >= 15 is 0 Å². The minimum absolute atomic E-state index is 0.00113. The van der Waals surface area contributed by atoms with Gasteiger partial charge >= 0.3 is 12.1 Å². The first-order valence-corrected chi connectivity index (χ1v) is 11.4. The van der Waals surface area contributed by atoms with Gasteiger partial charge < -0.3 is 19.9 Å². The zero-order valence-corrected chi connectivity index (χ0v) is 20.5. The fourth-order valence-electron chi connectivity index (χ4n) is 4.01. The summed E-state index contributed by atoms with van der Waals surface area (Å²) in [5.41, 5.74) is -1.60. The molecule has 0 aromatic rings. The summed E-state index contributed by atoms with van der Waals surface area (Å²) in [7, 11) is 0. The summed E-state index contributed by atoms with van der Waals surface area (Å²) >= 11 is 0. The molecule has 0 saturated carbocycles. The molecule has 4 atom stereocenters. The van der Waals surface area contributed by atoms with Crippen LogP contribution in [-0.4, -0.2) is 58.0 Å². The number of carbonyl (C=O) groups is 3. The van der Waals surface area contributed by atoms with Crippen LogP contribution < -0.4 is 5.32 Å². The Balaban J connectivity index is 3.07. The van der Waals surface area contributed by atoms with Crippen molar-refractivity contribution >= 4 is 18.0 Å². The summed E-state index contributed by atoms with van der Waals surface area (Å²) < 4.78 is 11.9.